The van der Waals surface area contributed by atoms with Gasteiger partial charge < -0.3 is 0 Å². The van der Waals surface area contributed by atoms with Gasteiger partial charge in [-0.2, -0.15) is 0 Å². The van der Waals surface area contributed by atoms with E-state index in [0.717, 1.165) is 21.9 Å². The molecule has 0 bridgehead atoms. The van der Waals surface area contributed by atoms with E-state index in [1.165, 1.54) is 0 Å². The lowest BCUT2D eigenvalue weighted by Gasteiger charge is -2.01. The Hall–Kier alpha value is -0.890. The van der Waals surface area contributed by atoms with Crippen molar-refractivity contribution >= 4 is 22.2 Å². The number of halogens is 1. The summed E-state index contributed by atoms with van der Waals surface area (Å²) in [6.45, 7) is 3.73. The SMILES string of the molecule is C=C(Br)Cc1ccccc1C=O. The van der Waals surface area contributed by atoms with E-state index in [4.69, 9.17) is 0 Å². The molecule has 0 fully saturated rings. The van der Waals surface area contributed by atoms with Gasteiger partial charge in [-0.3, -0.25) is 4.79 Å². The number of aldehydes is 1. The molecule has 0 aliphatic carbocycles. The van der Waals surface area contributed by atoms with Crippen LogP contribution in [0.5, 0.6) is 0 Å². The fourth-order valence-electron chi connectivity index (χ4n) is 1.02. The smallest absolute Gasteiger partial charge is 0.150 e. The van der Waals surface area contributed by atoms with Gasteiger partial charge in [0.05, 0.1) is 0 Å². The van der Waals surface area contributed by atoms with Crippen LogP contribution in [-0.4, -0.2) is 6.29 Å². The van der Waals surface area contributed by atoms with E-state index < -0.39 is 0 Å². The van der Waals surface area contributed by atoms with Gasteiger partial charge in [0.1, 0.15) is 6.29 Å². The highest BCUT2D eigenvalue weighted by atomic mass is 79.9. The quantitative estimate of drug-likeness (QED) is 0.722. The second kappa shape index (κ2) is 4.21. The van der Waals surface area contributed by atoms with Crippen LogP contribution in [0.3, 0.4) is 0 Å². The largest absolute Gasteiger partial charge is 0.298 e. The van der Waals surface area contributed by atoms with Crippen LogP contribution in [-0.2, 0) is 6.42 Å². The Labute approximate surface area is 80.2 Å². The number of carbonyl (C=O) groups excluding carboxylic acids is 1. The highest BCUT2D eigenvalue weighted by Gasteiger charge is 1.99. The summed E-state index contributed by atoms with van der Waals surface area (Å²) in [5.41, 5.74) is 1.74. The van der Waals surface area contributed by atoms with Gasteiger partial charge in [0.2, 0.25) is 0 Å². The number of carbonyl (C=O) groups is 1. The van der Waals surface area contributed by atoms with Crippen LogP contribution >= 0.6 is 15.9 Å². The predicted molar refractivity (Wildman–Crippen MR) is 53.6 cm³/mol. The summed E-state index contributed by atoms with van der Waals surface area (Å²) in [7, 11) is 0. The Morgan fingerprint density at radius 3 is 2.75 bits per heavy atom. The first kappa shape index (κ1) is 9.20. The molecule has 1 nitrogen and oxygen atoms in total. The molecule has 2 heteroatoms. The normalized spacial score (nSPS) is 9.42. The first-order valence-electron chi connectivity index (χ1n) is 3.60. The molecule has 0 atom stereocenters. The van der Waals surface area contributed by atoms with E-state index >= 15 is 0 Å². The Kier molecular flexibility index (Phi) is 3.23. The lowest BCUT2D eigenvalue weighted by atomic mass is 10.1. The molecular weight excluding hydrogens is 216 g/mol. The van der Waals surface area contributed by atoms with Crippen LogP contribution in [0.25, 0.3) is 0 Å². The molecule has 62 valence electrons. The molecule has 0 saturated heterocycles. The third-order valence-electron chi connectivity index (χ3n) is 1.56. The Bertz CT molecular complexity index is 304. The summed E-state index contributed by atoms with van der Waals surface area (Å²) >= 11 is 3.26. The van der Waals surface area contributed by atoms with Crippen molar-refractivity contribution in [3.63, 3.8) is 0 Å². The maximum atomic E-state index is 10.6. The van der Waals surface area contributed by atoms with Crippen molar-refractivity contribution < 1.29 is 4.79 Å². The average Bonchev–Trinajstić information content (AvgIpc) is 2.04. The molecule has 0 spiro atoms. The molecule has 0 aromatic heterocycles. The molecule has 0 saturated carbocycles. The van der Waals surface area contributed by atoms with Crippen LogP contribution in [0, 0.1) is 0 Å². The topological polar surface area (TPSA) is 17.1 Å². The van der Waals surface area contributed by atoms with Gasteiger partial charge in [0, 0.05) is 12.0 Å². The second-order valence-electron chi connectivity index (χ2n) is 2.51. The monoisotopic (exact) mass is 224 g/mol. The van der Waals surface area contributed by atoms with E-state index in [2.05, 4.69) is 22.5 Å². The standard InChI is InChI=1S/C10H9BrO/c1-8(11)6-9-4-2-3-5-10(9)7-12/h2-5,7H,1,6H2. The van der Waals surface area contributed by atoms with Crippen LogP contribution in [0.2, 0.25) is 0 Å². The third-order valence-corrected chi connectivity index (χ3v) is 1.84. The second-order valence-corrected chi connectivity index (χ2v) is 3.63. The Morgan fingerprint density at radius 1 is 1.50 bits per heavy atom. The number of allylic oxidation sites excluding steroid dienone is 1. The van der Waals surface area contributed by atoms with Gasteiger partial charge in [-0.1, -0.05) is 46.8 Å². The van der Waals surface area contributed by atoms with Crippen molar-refractivity contribution in [2.24, 2.45) is 0 Å². The summed E-state index contributed by atoms with van der Waals surface area (Å²) in [6.07, 6.45) is 1.57. The minimum atomic E-state index is 0.703. The minimum absolute atomic E-state index is 0.703. The number of hydrogen-bond donors (Lipinski definition) is 0. The van der Waals surface area contributed by atoms with Crippen molar-refractivity contribution in [1.29, 1.82) is 0 Å². The van der Waals surface area contributed by atoms with E-state index in [1.807, 2.05) is 18.2 Å². The van der Waals surface area contributed by atoms with Gasteiger partial charge in [-0.25, -0.2) is 0 Å². The predicted octanol–water partition coefficient (Wildman–Crippen LogP) is 2.95. The van der Waals surface area contributed by atoms with E-state index in [-0.39, 0.29) is 0 Å². The van der Waals surface area contributed by atoms with Gasteiger partial charge in [0.25, 0.3) is 0 Å². The summed E-state index contributed by atoms with van der Waals surface area (Å²) in [5.74, 6) is 0. The maximum absolute atomic E-state index is 10.6. The zero-order valence-corrected chi connectivity index (χ0v) is 8.17. The fraction of sp³-hybridized carbons (Fsp3) is 0.100. The third kappa shape index (κ3) is 2.31. The molecule has 1 rings (SSSR count). The number of benzene rings is 1. The van der Waals surface area contributed by atoms with Crippen LogP contribution in [0.15, 0.2) is 35.3 Å². The molecule has 0 unspecified atom stereocenters. The van der Waals surface area contributed by atoms with Crippen molar-refractivity contribution in [3.8, 4) is 0 Å². The Balaban J connectivity index is 2.96. The first-order chi connectivity index (χ1) is 5.74. The molecule has 0 radical (unpaired) electrons. The fourth-order valence-corrected chi connectivity index (χ4v) is 1.32. The number of hydrogen-bond acceptors (Lipinski definition) is 1. The lowest BCUT2D eigenvalue weighted by molar-refractivity contribution is 0.112. The minimum Gasteiger partial charge on any atom is -0.298 e. The lowest BCUT2D eigenvalue weighted by Crippen LogP contribution is -1.91. The molecule has 0 aliphatic heterocycles. The first-order valence-corrected chi connectivity index (χ1v) is 4.39. The molecule has 0 aliphatic rings. The van der Waals surface area contributed by atoms with E-state index in [9.17, 15) is 4.79 Å². The summed E-state index contributed by atoms with van der Waals surface area (Å²) in [5, 5.41) is 0. The van der Waals surface area contributed by atoms with E-state index in [0.29, 0.717) is 6.42 Å². The summed E-state index contributed by atoms with van der Waals surface area (Å²) in [4.78, 5) is 10.6. The number of rotatable bonds is 3. The molecule has 0 amide bonds. The summed E-state index contributed by atoms with van der Waals surface area (Å²) < 4.78 is 0.886. The molecule has 1 aromatic carbocycles. The molecular formula is C10H9BrO. The van der Waals surface area contributed by atoms with Gasteiger partial charge in [0.15, 0.2) is 0 Å². The van der Waals surface area contributed by atoms with Crippen molar-refractivity contribution in [2.45, 2.75) is 6.42 Å². The summed E-state index contributed by atoms with van der Waals surface area (Å²) in [6, 6.07) is 7.50. The van der Waals surface area contributed by atoms with Crippen LogP contribution < -0.4 is 0 Å². The molecule has 0 heterocycles. The van der Waals surface area contributed by atoms with Crippen molar-refractivity contribution in [2.75, 3.05) is 0 Å². The van der Waals surface area contributed by atoms with Crippen LogP contribution in [0.4, 0.5) is 0 Å². The molecule has 0 N–H and O–H groups in total. The maximum Gasteiger partial charge on any atom is 0.150 e. The zero-order chi connectivity index (χ0) is 8.97. The van der Waals surface area contributed by atoms with Gasteiger partial charge in [-0.15, -0.1) is 0 Å². The molecule has 1 aromatic rings. The highest BCUT2D eigenvalue weighted by Crippen LogP contribution is 2.14. The van der Waals surface area contributed by atoms with Gasteiger partial charge in [-0.05, 0) is 10.0 Å². The van der Waals surface area contributed by atoms with Crippen molar-refractivity contribution in [1.82, 2.24) is 0 Å². The zero-order valence-electron chi connectivity index (χ0n) is 6.59. The van der Waals surface area contributed by atoms with Gasteiger partial charge >= 0.3 is 0 Å². The Morgan fingerprint density at radius 2 is 2.17 bits per heavy atom. The average molecular weight is 225 g/mol. The van der Waals surface area contributed by atoms with E-state index in [1.54, 1.807) is 6.07 Å². The molecule has 12 heavy (non-hydrogen) atoms. The highest BCUT2D eigenvalue weighted by molar-refractivity contribution is 9.11. The van der Waals surface area contributed by atoms with Crippen LogP contribution in [0.1, 0.15) is 15.9 Å². The van der Waals surface area contributed by atoms with Crippen molar-refractivity contribution in [3.05, 3.63) is 46.5 Å².